The average Bonchev–Trinajstić information content (AvgIpc) is 3.41. The smallest absolute Gasteiger partial charge is 0.254 e. The van der Waals surface area contributed by atoms with Gasteiger partial charge in [0.15, 0.2) is 0 Å². The molecule has 3 aliphatic rings. The molecule has 1 aliphatic carbocycles. The van der Waals surface area contributed by atoms with E-state index in [9.17, 15) is 4.79 Å². The molecule has 2 aromatic carbocycles. The molecule has 0 radical (unpaired) electrons. The Morgan fingerprint density at radius 1 is 0.943 bits per heavy atom. The zero-order valence-electron chi connectivity index (χ0n) is 20.7. The number of nitrogens with zero attached hydrogens (tertiary/aromatic N) is 3. The first kappa shape index (κ1) is 23.0. The third kappa shape index (κ3) is 4.15. The highest BCUT2D eigenvalue weighted by atomic mass is 35.5. The second kappa shape index (κ2) is 9.22. The van der Waals surface area contributed by atoms with Gasteiger partial charge in [0.25, 0.3) is 5.91 Å². The van der Waals surface area contributed by atoms with Crippen LogP contribution in [0.4, 0.5) is 0 Å². The predicted molar refractivity (Wildman–Crippen MR) is 142 cm³/mol. The van der Waals surface area contributed by atoms with Crippen LogP contribution in [0, 0.1) is 18.8 Å². The Kier molecular flexibility index (Phi) is 6.06. The monoisotopic (exact) mass is 487 g/mol. The Hall–Kier alpha value is -2.43. The van der Waals surface area contributed by atoms with Crippen LogP contribution in [0.2, 0.25) is 5.02 Å². The van der Waals surface area contributed by atoms with Gasteiger partial charge in [0.05, 0.1) is 10.5 Å². The van der Waals surface area contributed by atoms with Crippen molar-refractivity contribution in [2.45, 2.75) is 57.5 Å². The summed E-state index contributed by atoms with van der Waals surface area (Å²) in [5, 5.41) is 1.43. The lowest BCUT2D eigenvalue weighted by molar-refractivity contribution is 0.0745. The number of fused-ring (bicyclic) bond motifs is 6. The molecule has 2 unspecified atom stereocenters. The van der Waals surface area contributed by atoms with Crippen LogP contribution < -0.4 is 0 Å². The number of benzene rings is 2. The molecule has 4 nitrogen and oxygen atoms in total. The first-order chi connectivity index (χ1) is 17.0. The molecular weight excluding hydrogens is 454 g/mol. The third-order valence-corrected chi connectivity index (χ3v) is 9.02. The van der Waals surface area contributed by atoms with Crippen LogP contribution in [-0.2, 0) is 0 Å². The minimum absolute atomic E-state index is 0.0610. The summed E-state index contributed by atoms with van der Waals surface area (Å²) in [5.41, 5.74) is 5.47. The van der Waals surface area contributed by atoms with Crippen molar-refractivity contribution in [2.75, 3.05) is 20.1 Å². The number of pyridine rings is 1. The van der Waals surface area contributed by atoms with Crippen LogP contribution in [0.25, 0.3) is 10.9 Å². The maximum atomic E-state index is 13.4. The summed E-state index contributed by atoms with van der Waals surface area (Å²) in [6, 6.07) is 17.9. The standard InChI is InChI=1S/C30H34ClN3O/c1-19-7-12-24-25(13-14-26(31)29(24)32-19)30(35)33(2)17-20-8-10-21(11-9-20)18-34-27-15-16-28(34)23-6-4-3-5-22(23)27/h3-7,12-14,20-21,27-28H,8-11,15-18H2,1-2H3. The second-order valence-corrected chi connectivity index (χ2v) is 11.4. The maximum absolute atomic E-state index is 13.4. The van der Waals surface area contributed by atoms with Gasteiger partial charge in [-0.05, 0) is 86.6 Å². The minimum Gasteiger partial charge on any atom is -0.341 e. The molecule has 182 valence electrons. The molecule has 1 saturated heterocycles. The van der Waals surface area contributed by atoms with Gasteiger partial charge in [-0.15, -0.1) is 0 Å². The number of aryl methyl sites for hydroxylation is 1. The van der Waals surface area contributed by atoms with E-state index in [-0.39, 0.29) is 5.91 Å². The van der Waals surface area contributed by atoms with Crippen molar-refractivity contribution in [1.29, 1.82) is 0 Å². The van der Waals surface area contributed by atoms with Crippen LogP contribution in [0.15, 0.2) is 48.5 Å². The van der Waals surface area contributed by atoms with Crippen molar-refractivity contribution in [3.05, 3.63) is 75.9 Å². The fourth-order valence-corrected chi connectivity index (χ4v) is 7.15. The molecule has 1 aromatic heterocycles. The van der Waals surface area contributed by atoms with E-state index in [0.29, 0.717) is 34.1 Å². The fourth-order valence-electron chi connectivity index (χ4n) is 6.94. The normalized spacial score (nSPS) is 25.7. The van der Waals surface area contributed by atoms with Gasteiger partial charge in [-0.25, -0.2) is 0 Å². The van der Waals surface area contributed by atoms with E-state index in [1.165, 1.54) is 45.1 Å². The zero-order valence-corrected chi connectivity index (χ0v) is 21.5. The lowest BCUT2D eigenvalue weighted by atomic mass is 9.81. The average molecular weight is 488 g/mol. The van der Waals surface area contributed by atoms with Gasteiger partial charge in [-0.2, -0.15) is 0 Å². The Bertz CT molecular complexity index is 1230. The predicted octanol–water partition coefficient (Wildman–Crippen LogP) is 6.97. The molecule has 3 heterocycles. The summed E-state index contributed by atoms with van der Waals surface area (Å²) >= 11 is 6.37. The van der Waals surface area contributed by atoms with Gasteiger partial charge >= 0.3 is 0 Å². The molecule has 2 bridgehead atoms. The summed E-state index contributed by atoms with van der Waals surface area (Å²) < 4.78 is 0. The number of carbonyl (C=O) groups excluding carboxylic acids is 1. The number of aromatic nitrogens is 1. The van der Waals surface area contributed by atoms with Crippen molar-refractivity contribution >= 4 is 28.4 Å². The van der Waals surface area contributed by atoms with Crippen LogP contribution in [0.5, 0.6) is 0 Å². The summed E-state index contributed by atoms with van der Waals surface area (Å²) in [4.78, 5) is 22.6. The SMILES string of the molecule is Cc1ccc2c(C(=O)N(C)CC3CCC(CN4C5CCC4c4ccccc45)CC3)ccc(Cl)c2n1. The molecule has 1 amide bonds. The number of amides is 1. The molecule has 0 spiro atoms. The Morgan fingerprint density at radius 2 is 1.60 bits per heavy atom. The van der Waals surface area contributed by atoms with Gasteiger partial charge in [-0.3, -0.25) is 14.7 Å². The first-order valence-corrected chi connectivity index (χ1v) is 13.5. The van der Waals surface area contributed by atoms with E-state index < -0.39 is 0 Å². The lowest BCUT2D eigenvalue weighted by Gasteiger charge is -2.34. The molecule has 2 aliphatic heterocycles. The van der Waals surface area contributed by atoms with Crippen molar-refractivity contribution in [1.82, 2.24) is 14.8 Å². The summed E-state index contributed by atoms with van der Waals surface area (Å²) in [6.07, 6.45) is 7.59. The van der Waals surface area contributed by atoms with Crippen molar-refractivity contribution < 1.29 is 4.79 Å². The zero-order chi connectivity index (χ0) is 24.1. The summed E-state index contributed by atoms with van der Waals surface area (Å²) in [7, 11) is 1.94. The molecular formula is C30H34ClN3O. The van der Waals surface area contributed by atoms with E-state index in [1.54, 1.807) is 17.2 Å². The van der Waals surface area contributed by atoms with E-state index >= 15 is 0 Å². The van der Waals surface area contributed by atoms with Crippen LogP contribution in [-0.4, -0.2) is 40.8 Å². The largest absolute Gasteiger partial charge is 0.341 e. The minimum atomic E-state index is 0.0610. The number of halogens is 1. The highest BCUT2D eigenvalue weighted by Crippen LogP contribution is 2.53. The fraction of sp³-hybridized carbons (Fsp3) is 0.467. The highest BCUT2D eigenvalue weighted by Gasteiger charge is 2.44. The first-order valence-electron chi connectivity index (χ1n) is 13.2. The number of hydrogen-bond acceptors (Lipinski definition) is 3. The topological polar surface area (TPSA) is 36.4 Å². The van der Waals surface area contributed by atoms with Gasteiger partial charge in [0.2, 0.25) is 0 Å². The van der Waals surface area contributed by atoms with E-state index in [0.717, 1.165) is 23.5 Å². The van der Waals surface area contributed by atoms with E-state index in [1.807, 2.05) is 37.1 Å². The van der Waals surface area contributed by atoms with Crippen molar-refractivity contribution in [3.8, 4) is 0 Å². The van der Waals surface area contributed by atoms with Crippen LogP contribution in [0.3, 0.4) is 0 Å². The molecule has 6 rings (SSSR count). The Balaban J connectivity index is 1.06. The molecule has 0 N–H and O–H groups in total. The van der Waals surface area contributed by atoms with Crippen LogP contribution in [0.1, 0.15) is 77.8 Å². The lowest BCUT2D eigenvalue weighted by Crippen LogP contribution is -2.35. The number of carbonyl (C=O) groups is 1. The van der Waals surface area contributed by atoms with Gasteiger partial charge in [-0.1, -0.05) is 41.9 Å². The van der Waals surface area contributed by atoms with Gasteiger partial charge in [0, 0.05) is 48.9 Å². The molecule has 1 saturated carbocycles. The molecule has 2 atom stereocenters. The van der Waals surface area contributed by atoms with Gasteiger partial charge in [0.1, 0.15) is 0 Å². The molecule has 2 fully saturated rings. The summed E-state index contributed by atoms with van der Waals surface area (Å²) in [6.45, 7) is 3.99. The van der Waals surface area contributed by atoms with Crippen molar-refractivity contribution in [3.63, 3.8) is 0 Å². The van der Waals surface area contributed by atoms with E-state index in [2.05, 4.69) is 34.1 Å². The number of hydrogen-bond donors (Lipinski definition) is 0. The quantitative estimate of drug-likeness (QED) is 0.390. The summed E-state index contributed by atoms with van der Waals surface area (Å²) in [5.74, 6) is 1.41. The molecule has 5 heteroatoms. The Labute approximate surface area is 213 Å². The number of rotatable bonds is 5. The van der Waals surface area contributed by atoms with E-state index in [4.69, 9.17) is 11.6 Å². The second-order valence-electron chi connectivity index (χ2n) is 11.0. The van der Waals surface area contributed by atoms with Gasteiger partial charge < -0.3 is 4.90 Å². The highest BCUT2D eigenvalue weighted by molar-refractivity contribution is 6.35. The maximum Gasteiger partial charge on any atom is 0.254 e. The molecule has 35 heavy (non-hydrogen) atoms. The Morgan fingerprint density at radius 3 is 2.29 bits per heavy atom. The molecule has 3 aromatic rings. The third-order valence-electron chi connectivity index (χ3n) is 8.72. The van der Waals surface area contributed by atoms with Crippen molar-refractivity contribution in [2.24, 2.45) is 11.8 Å². The van der Waals surface area contributed by atoms with Crippen LogP contribution >= 0.6 is 11.6 Å².